The van der Waals surface area contributed by atoms with Gasteiger partial charge in [0.25, 0.3) is 0 Å². The Balaban J connectivity index is 3.29. The first kappa shape index (κ1) is 11.3. The van der Waals surface area contributed by atoms with Gasteiger partial charge in [-0.2, -0.15) is 13.2 Å². The van der Waals surface area contributed by atoms with Crippen molar-refractivity contribution in [2.45, 2.75) is 32.0 Å². The SMILES string of the molecule is C#CC(C)NCCCC(F)(F)F. The Bertz CT molecular complexity index is 157. The van der Waals surface area contributed by atoms with Crippen molar-refractivity contribution >= 4 is 0 Å². The number of hydrogen-bond donors (Lipinski definition) is 1. The summed E-state index contributed by atoms with van der Waals surface area (Å²) in [6.45, 7) is 2.04. The minimum absolute atomic E-state index is 0.0789. The zero-order valence-electron chi connectivity index (χ0n) is 6.91. The van der Waals surface area contributed by atoms with E-state index in [4.69, 9.17) is 6.42 Å². The maximum absolute atomic E-state index is 11.6. The topological polar surface area (TPSA) is 12.0 Å². The summed E-state index contributed by atoms with van der Waals surface area (Å²) in [6.07, 6.45) is 0.277. The minimum atomic E-state index is -4.05. The monoisotopic (exact) mass is 179 g/mol. The van der Waals surface area contributed by atoms with Crippen molar-refractivity contribution in [3.8, 4) is 12.3 Å². The van der Waals surface area contributed by atoms with E-state index in [-0.39, 0.29) is 12.5 Å². The van der Waals surface area contributed by atoms with E-state index < -0.39 is 12.6 Å². The summed E-state index contributed by atoms with van der Waals surface area (Å²) in [5, 5.41) is 2.77. The van der Waals surface area contributed by atoms with Gasteiger partial charge in [-0.15, -0.1) is 6.42 Å². The maximum atomic E-state index is 11.6. The molecule has 0 heterocycles. The Morgan fingerprint density at radius 1 is 1.50 bits per heavy atom. The highest BCUT2D eigenvalue weighted by Crippen LogP contribution is 2.20. The molecule has 0 saturated heterocycles. The summed E-state index contributed by atoms with van der Waals surface area (Å²) in [7, 11) is 0. The number of terminal acetylenes is 1. The van der Waals surface area contributed by atoms with E-state index in [2.05, 4.69) is 11.2 Å². The molecule has 0 aromatic rings. The second-order valence-corrected chi connectivity index (χ2v) is 2.56. The average molecular weight is 179 g/mol. The molecular weight excluding hydrogens is 167 g/mol. The molecule has 0 amide bonds. The van der Waals surface area contributed by atoms with Crippen LogP contribution < -0.4 is 5.32 Å². The third-order valence-corrected chi connectivity index (χ3v) is 1.34. The van der Waals surface area contributed by atoms with Crippen LogP contribution >= 0.6 is 0 Å². The van der Waals surface area contributed by atoms with E-state index in [1.165, 1.54) is 0 Å². The van der Waals surface area contributed by atoms with Crippen molar-refractivity contribution in [2.75, 3.05) is 6.54 Å². The van der Waals surface area contributed by atoms with Crippen LogP contribution in [0.4, 0.5) is 13.2 Å². The number of rotatable bonds is 4. The molecule has 0 aromatic carbocycles. The summed E-state index contributed by atoms with van der Waals surface area (Å²) in [6, 6.07) is -0.154. The number of alkyl halides is 3. The molecule has 1 nitrogen and oxygen atoms in total. The molecular formula is C8H12F3N. The van der Waals surface area contributed by atoms with Gasteiger partial charge in [0.15, 0.2) is 0 Å². The smallest absolute Gasteiger partial charge is 0.304 e. The predicted molar refractivity (Wildman–Crippen MR) is 41.6 cm³/mol. The predicted octanol–water partition coefficient (Wildman–Crippen LogP) is 1.94. The Morgan fingerprint density at radius 3 is 2.50 bits per heavy atom. The second kappa shape index (κ2) is 5.04. The minimum Gasteiger partial charge on any atom is -0.304 e. The van der Waals surface area contributed by atoms with E-state index in [9.17, 15) is 13.2 Å². The van der Waals surface area contributed by atoms with Gasteiger partial charge in [0, 0.05) is 6.42 Å². The molecule has 0 aromatic heterocycles. The quantitative estimate of drug-likeness (QED) is 0.513. The van der Waals surface area contributed by atoms with Crippen molar-refractivity contribution in [3.05, 3.63) is 0 Å². The first-order valence-electron chi connectivity index (χ1n) is 3.72. The van der Waals surface area contributed by atoms with E-state index in [0.29, 0.717) is 6.54 Å². The van der Waals surface area contributed by atoms with Crippen LogP contribution in [-0.4, -0.2) is 18.8 Å². The molecule has 4 heteroatoms. The van der Waals surface area contributed by atoms with Crippen molar-refractivity contribution in [1.29, 1.82) is 0 Å². The van der Waals surface area contributed by atoms with E-state index in [1.807, 2.05) is 0 Å². The molecule has 1 atom stereocenters. The van der Waals surface area contributed by atoms with Crippen LogP contribution in [-0.2, 0) is 0 Å². The number of nitrogens with one attached hydrogen (secondary N) is 1. The standard InChI is InChI=1S/C8H12F3N/c1-3-7(2)12-6-4-5-8(9,10)11/h1,7,12H,4-6H2,2H3. The first-order valence-corrected chi connectivity index (χ1v) is 3.72. The van der Waals surface area contributed by atoms with Gasteiger partial charge < -0.3 is 5.32 Å². The van der Waals surface area contributed by atoms with Crippen molar-refractivity contribution in [3.63, 3.8) is 0 Å². The second-order valence-electron chi connectivity index (χ2n) is 2.56. The summed E-state index contributed by atoms with van der Waals surface area (Å²) >= 11 is 0. The van der Waals surface area contributed by atoms with Crippen LogP contribution in [0.1, 0.15) is 19.8 Å². The fourth-order valence-electron chi connectivity index (χ4n) is 0.666. The van der Waals surface area contributed by atoms with Gasteiger partial charge in [-0.05, 0) is 19.9 Å². The molecule has 0 aliphatic carbocycles. The Hall–Kier alpha value is -0.690. The van der Waals surface area contributed by atoms with Gasteiger partial charge >= 0.3 is 6.18 Å². The highest BCUT2D eigenvalue weighted by atomic mass is 19.4. The molecule has 0 fully saturated rings. The molecule has 0 aliphatic rings. The normalized spacial score (nSPS) is 13.9. The van der Waals surface area contributed by atoms with Crippen LogP contribution in [0.25, 0.3) is 0 Å². The summed E-state index contributed by atoms with van der Waals surface area (Å²) in [4.78, 5) is 0. The van der Waals surface area contributed by atoms with Gasteiger partial charge in [0.05, 0.1) is 6.04 Å². The fraction of sp³-hybridized carbons (Fsp3) is 0.750. The lowest BCUT2D eigenvalue weighted by Gasteiger charge is -2.08. The zero-order chi connectivity index (χ0) is 9.61. The Morgan fingerprint density at radius 2 is 2.08 bits per heavy atom. The molecule has 0 rings (SSSR count). The third kappa shape index (κ3) is 7.42. The van der Waals surface area contributed by atoms with Gasteiger partial charge in [0.2, 0.25) is 0 Å². The van der Waals surface area contributed by atoms with Crippen LogP contribution in [0, 0.1) is 12.3 Å². The van der Waals surface area contributed by atoms with E-state index in [0.717, 1.165) is 0 Å². The van der Waals surface area contributed by atoms with Gasteiger partial charge in [-0.1, -0.05) is 5.92 Å². The van der Waals surface area contributed by atoms with Crippen LogP contribution in [0.15, 0.2) is 0 Å². The highest BCUT2D eigenvalue weighted by Gasteiger charge is 2.25. The van der Waals surface area contributed by atoms with Crippen LogP contribution in [0.2, 0.25) is 0 Å². The van der Waals surface area contributed by atoms with Crippen LogP contribution in [0.3, 0.4) is 0 Å². The first-order chi connectivity index (χ1) is 5.45. The largest absolute Gasteiger partial charge is 0.389 e. The molecule has 0 radical (unpaired) electrons. The highest BCUT2D eigenvalue weighted by molar-refractivity contribution is 4.95. The fourth-order valence-corrected chi connectivity index (χ4v) is 0.666. The Labute approximate surface area is 70.3 Å². The molecule has 0 saturated carbocycles. The van der Waals surface area contributed by atoms with Gasteiger partial charge in [-0.25, -0.2) is 0 Å². The lowest BCUT2D eigenvalue weighted by atomic mass is 10.3. The molecule has 1 unspecified atom stereocenters. The molecule has 70 valence electrons. The third-order valence-electron chi connectivity index (χ3n) is 1.34. The molecule has 12 heavy (non-hydrogen) atoms. The van der Waals surface area contributed by atoms with Crippen LogP contribution in [0.5, 0.6) is 0 Å². The molecule has 0 spiro atoms. The summed E-state index contributed by atoms with van der Waals surface area (Å²) < 4.78 is 34.8. The average Bonchev–Trinajstić information content (AvgIpc) is 1.96. The lowest BCUT2D eigenvalue weighted by molar-refractivity contribution is -0.135. The van der Waals surface area contributed by atoms with Gasteiger partial charge in [-0.3, -0.25) is 0 Å². The van der Waals surface area contributed by atoms with Crippen molar-refractivity contribution in [2.24, 2.45) is 0 Å². The van der Waals surface area contributed by atoms with Crippen molar-refractivity contribution < 1.29 is 13.2 Å². The molecule has 1 N–H and O–H groups in total. The number of hydrogen-bond acceptors (Lipinski definition) is 1. The Kier molecular flexibility index (Phi) is 4.75. The van der Waals surface area contributed by atoms with Gasteiger partial charge in [0.1, 0.15) is 0 Å². The summed E-state index contributed by atoms with van der Waals surface area (Å²) in [5.41, 5.74) is 0. The lowest BCUT2D eigenvalue weighted by Crippen LogP contribution is -2.26. The number of halogens is 3. The molecule has 0 aliphatic heterocycles. The maximum Gasteiger partial charge on any atom is 0.389 e. The van der Waals surface area contributed by atoms with E-state index >= 15 is 0 Å². The van der Waals surface area contributed by atoms with Crippen molar-refractivity contribution in [1.82, 2.24) is 5.32 Å². The van der Waals surface area contributed by atoms with E-state index in [1.54, 1.807) is 6.92 Å². The summed E-state index contributed by atoms with van der Waals surface area (Å²) in [5.74, 6) is 2.37. The zero-order valence-corrected chi connectivity index (χ0v) is 6.91. The molecule has 0 bridgehead atoms.